The van der Waals surface area contributed by atoms with E-state index in [4.69, 9.17) is 0 Å². The average Bonchev–Trinajstić information content (AvgIpc) is 2.93. The minimum absolute atomic E-state index is 0.0949. The van der Waals surface area contributed by atoms with Crippen molar-refractivity contribution in [2.45, 2.75) is 24.5 Å². The lowest BCUT2D eigenvalue weighted by Crippen LogP contribution is -2.44. The van der Waals surface area contributed by atoms with E-state index in [1.165, 1.54) is 19.3 Å². The molecule has 0 fully saturated rings. The molecule has 0 bridgehead atoms. The van der Waals surface area contributed by atoms with Gasteiger partial charge < -0.3 is 0 Å². The number of rotatable bonds is 1. The minimum Gasteiger partial charge on any atom is -0.299 e. The first-order chi connectivity index (χ1) is 11.3. The number of aromatic nitrogens is 2. The third-order valence-corrected chi connectivity index (χ3v) is 6.83. The number of hydrogen-bond donors (Lipinski definition) is 0. The van der Waals surface area contributed by atoms with Crippen LogP contribution < -0.4 is 0 Å². The highest BCUT2D eigenvalue weighted by molar-refractivity contribution is 8.08. The molecular formula is C16H12FN3O3S. The van der Waals surface area contributed by atoms with Crippen LogP contribution in [-0.2, 0) is 14.6 Å². The zero-order chi connectivity index (χ0) is 17.1. The number of sulfone groups is 1. The SMILES string of the molecule is CC1(S(=O)(=O)C2=Nc3nccc4cncc2c34)CC(=O)CC=C1F. The molecule has 1 aliphatic heterocycles. The van der Waals surface area contributed by atoms with Crippen molar-refractivity contribution in [3.8, 4) is 0 Å². The standard InChI is InChI=1S/C16H12FN3O3S/c1-16(6-10(21)2-3-12(16)17)24(22,23)15-11-8-18-7-9-4-5-19-14(20-15)13(9)11/h3-5,7-8H,2,6H2,1H3. The van der Waals surface area contributed by atoms with Crippen LogP contribution in [0.2, 0.25) is 0 Å². The Bertz CT molecular complexity index is 1070. The Kier molecular flexibility index (Phi) is 2.99. The van der Waals surface area contributed by atoms with Gasteiger partial charge in [0.15, 0.2) is 10.9 Å². The van der Waals surface area contributed by atoms with Crippen LogP contribution in [-0.4, -0.2) is 34.0 Å². The summed E-state index contributed by atoms with van der Waals surface area (Å²) in [6.07, 6.45) is 5.00. The van der Waals surface area contributed by atoms with Crippen molar-refractivity contribution in [3.05, 3.63) is 42.1 Å². The Balaban J connectivity index is 1.95. The molecule has 4 rings (SSSR count). The second-order valence-corrected chi connectivity index (χ2v) is 8.34. The Hall–Kier alpha value is -2.48. The highest BCUT2D eigenvalue weighted by Gasteiger charge is 2.51. The molecule has 0 N–H and O–H groups in total. The van der Waals surface area contributed by atoms with Crippen molar-refractivity contribution >= 4 is 37.3 Å². The third-order valence-electron chi connectivity index (χ3n) is 4.48. The number of halogens is 1. The Morgan fingerprint density at radius 2 is 2.08 bits per heavy atom. The number of nitrogens with zero attached hydrogens (tertiary/aromatic N) is 3. The van der Waals surface area contributed by atoms with E-state index in [-0.39, 0.29) is 23.1 Å². The van der Waals surface area contributed by atoms with Crippen LogP contribution in [0, 0.1) is 0 Å². The van der Waals surface area contributed by atoms with E-state index < -0.39 is 26.8 Å². The average molecular weight is 345 g/mol. The summed E-state index contributed by atoms with van der Waals surface area (Å²) in [7, 11) is -4.25. The molecule has 0 spiro atoms. The van der Waals surface area contributed by atoms with E-state index in [0.717, 1.165) is 6.08 Å². The van der Waals surface area contributed by atoms with Gasteiger partial charge in [-0.2, -0.15) is 0 Å². The van der Waals surface area contributed by atoms with Gasteiger partial charge in [-0.1, -0.05) is 0 Å². The van der Waals surface area contributed by atoms with Gasteiger partial charge in [0.25, 0.3) is 0 Å². The molecule has 122 valence electrons. The van der Waals surface area contributed by atoms with Crippen molar-refractivity contribution in [1.82, 2.24) is 9.97 Å². The van der Waals surface area contributed by atoms with Crippen molar-refractivity contribution in [2.24, 2.45) is 4.99 Å². The maximum absolute atomic E-state index is 14.4. The van der Waals surface area contributed by atoms with Gasteiger partial charge in [-0.05, 0) is 19.1 Å². The summed E-state index contributed by atoms with van der Waals surface area (Å²) in [6.45, 7) is 1.22. The quantitative estimate of drug-likeness (QED) is 0.792. The number of Topliss-reactive ketones (excluding diaryl/α,β-unsaturated/α-hetero) is 1. The zero-order valence-corrected chi connectivity index (χ0v) is 13.5. The van der Waals surface area contributed by atoms with Crippen LogP contribution in [0.15, 0.2) is 41.6 Å². The van der Waals surface area contributed by atoms with Gasteiger partial charge in [-0.25, -0.2) is 22.8 Å². The predicted molar refractivity (Wildman–Crippen MR) is 86.5 cm³/mol. The van der Waals surface area contributed by atoms with Crippen molar-refractivity contribution in [3.63, 3.8) is 0 Å². The van der Waals surface area contributed by atoms with Gasteiger partial charge in [0, 0.05) is 47.8 Å². The maximum atomic E-state index is 14.4. The molecule has 1 unspecified atom stereocenters. The summed E-state index contributed by atoms with van der Waals surface area (Å²) in [5, 5.41) is 0.989. The van der Waals surface area contributed by atoms with E-state index in [1.54, 1.807) is 12.3 Å². The topological polar surface area (TPSA) is 89.3 Å². The van der Waals surface area contributed by atoms with Gasteiger partial charge in [0.1, 0.15) is 16.4 Å². The van der Waals surface area contributed by atoms with Gasteiger partial charge in [0.05, 0.1) is 0 Å². The summed E-state index contributed by atoms with van der Waals surface area (Å²) in [5.41, 5.74) is 0.294. The highest BCUT2D eigenvalue weighted by atomic mass is 32.2. The van der Waals surface area contributed by atoms with Crippen molar-refractivity contribution < 1.29 is 17.6 Å². The van der Waals surface area contributed by atoms with Crippen molar-refractivity contribution in [2.75, 3.05) is 0 Å². The van der Waals surface area contributed by atoms with Crippen LogP contribution in [0.1, 0.15) is 25.3 Å². The monoisotopic (exact) mass is 345 g/mol. The minimum atomic E-state index is -4.25. The molecule has 0 saturated carbocycles. The molecule has 1 atom stereocenters. The fourth-order valence-electron chi connectivity index (χ4n) is 3.10. The van der Waals surface area contributed by atoms with Gasteiger partial charge in [0.2, 0.25) is 9.84 Å². The number of ketones is 1. The lowest BCUT2D eigenvalue weighted by Gasteiger charge is -2.29. The molecule has 3 heterocycles. The van der Waals surface area contributed by atoms with Crippen LogP contribution >= 0.6 is 0 Å². The first-order valence-electron chi connectivity index (χ1n) is 7.29. The normalized spacial score (nSPS) is 23.3. The Morgan fingerprint density at radius 1 is 1.29 bits per heavy atom. The summed E-state index contributed by atoms with van der Waals surface area (Å²) in [5.74, 6) is -0.888. The molecule has 24 heavy (non-hydrogen) atoms. The molecule has 0 amide bonds. The molecule has 2 aliphatic rings. The van der Waals surface area contributed by atoms with Gasteiger partial charge >= 0.3 is 0 Å². The summed E-state index contributed by atoms with van der Waals surface area (Å²) in [4.78, 5) is 24.0. The van der Waals surface area contributed by atoms with E-state index in [0.29, 0.717) is 16.3 Å². The lowest BCUT2D eigenvalue weighted by atomic mass is 9.94. The molecule has 2 aromatic heterocycles. The van der Waals surface area contributed by atoms with Crippen LogP contribution in [0.3, 0.4) is 0 Å². The maximum Gasteiger partial charge on any atom is 0.208 e. The van der Waals surface area contributed by atoms with E-state index in [9.17, 15) is 17.6 Å². The largest absolute Gasteiger partial charge is 0.299 e. The fraction of sp³-hybridized carbons (Fsp3) is 0.250. The number of aliphatic imine (C=N–C) groups is 1. The summed E-state index contributed by atoms with van der Waals surface area (Å²) < 4.78 is 38.8. The van der Waals surface area contributed by atoms with Crippen LogP contribution in [0.4, 0.5) is 10.2 Å². The third kappa shape index (κ3) is 1.83. The van der Waals surface area contributed by atoms with E-state index in [1.807, 2.05) is 0 Å². The predicted octanol–water partition coefficient (Wildman–Crippen LogP) is 2.41. The lowest BCUT2D eigenvalue weighted by molar-refractivity contribution is -0.119. The highest BCUT2D eigenvalue weighted by Crippen LogP contribution is 2.42. The van der Waals surface area contributed by atoms with Gasteiger partial charge in [-0.15, -0.1) is 0 Å². The number of carbonyl (C=O) groups excluding carboxylic acids is 1. The smallest absolute Gasteiger partial charge is 0.208 e. The number of pyridine rings is 2. The summed E-state index contributed by atoms with van der Waals surface area (Å²) >= 11 is 0. The van der Waals surface area contributed by atoms with Crippen molar-refractivity contribution in [1.29, 1.82) is 0 Å². The fourth-order valence-corrected chi connectivity index (χ4v) is 4.87. The summed E-state index contributed by atoms with van der Waals surface area (Å²) in [6, 6.07) is 1.70. The first kappa shape index (κ1) is 15.1. The van der Waals surface area contributed by atoms with Crippen LogP contribution in [0.5, 0.6) is 0 Å². The molecule has 6 nitrogen and oxygen atoms in total. The second-order valence-electron chi connectivity index (χ2n) is 6.04. The number of hydrogen-bond acceptors (Lipinski definition) is 6. The molecule has 2 aromatic rings. The molecule has 0 radical (unpaired) electrons. The van der Waals surface area contributed by atoms with Crippen LogP contribution in [0.25, 0.3) is 10.8 Å². The molecular weight excluding hydrogens is 333 g/mol. The Morgan fingerprint density at radius 3 is 2.88 bits per heavy atom. The second kappa shape index (κ2) is 4.76. The van der Waals surface area contributed by atoms with Gasteiger partial charge in [-0.3, -0.25) is 9.78 Å². The molecule has 8 heteroatoms. The molecule has 0 aromatic carbocycles. The van der Waals surface area contributed by atoms with E-state index >= 15 is 0 Å². The molecule has 1 aliphatic carbocycles. The first-order valence-corrected chi connectivity index (χ1v) is 8.77. The molecule has 0 saturated heterocycles. The number of allylic oxidation sites excluding steroid dienone is 1. The van der Waals surface area contributed by atoms with E-state index in [2.05, 4.69) is 15.0 Å². The zero-order valence-electron chi connectivity index (χ0n) is 12.7. The Labute approximate surface area is 137 Å². The number of carbonyl (C=O) groups is 1.